The average molecular weight is 263 g/mol. The van der Waals surface area contributed by atoms with Crippen LogP contribution in [0.25, 0.3) is 0 Å². The van der Waals surface area contributed by atoms with Gasteiger partial charge in [-0.15, -0.1) is 0 Å². The predicted octanol–water partition coefficient (Wildman–Crippen LogP) is 1.23. The third kappa shape index (κ3) is 3.68. The van der Waals surface area contributed by atoms with E-state index in [0.717, 1.165) is 23.5 Å². The van der Waals surface area contributed by atoms with Crippen molar-refractivity contribution in [3.05, 3.63) is 23.8 Å². The summed E-state index contributed by atoms with van der Waals surface area (Å²) in [7, 11) is 0. The maximum atomic E-state index is 11.5. The molecule has 1 aliphatic rings. The molecule has 5 nitrogen and oxygen atoms in total. The molecule has 5 heteroatoms. The third-order valence-corrected chi connectivity index (χ3v) is 2.88. The molecule has 0 saturated heterocycles. The largest absolute Gasteiger partial charge is 0.479 e. The van der Waals surface area contributed by atoms with Gasteiger partial charge < -0.3 is 21.1 Å². The van der Waals surface area contributed by atoms with Gasteiger partial charge in [0.15, 0.2) is 6.10 Å². The lowest BCUT2D eigenvalue weighted by Crippen LogP contribution is -2.42. The Bertz CT molecular complexity index is 480. The molecule has 1 aromatic carbocycles. The van der Waals surface area contributed by atoms with E-state index in [1.54, 1.807) is 6.92 Å². The Morgan fingerprint density at radius 2 is 2.21 bits per heavy atom. The zero-order valence-electron chi connectivity index (χ0n) is 11.6. The van der Waals surface area contributed by atoms with Crippen LogP contribution in [0.4, 0.5) is 5.69 Å². The molecule has 0 aliphatic carbocycles. The first-order valence-electron chi connectivity index (χ1n) is 6.45. The van der Waals surface area contributed by atoms with Crippen molar-refractivity contribution in [2.45, 2.75) is 39.0 Å². The number of fused-ring (bicyclic) bond motifs is 1. The maximum Gasteiger partial charge on any atom is 0.265 e. The Labute approximate surface area is 113 Å². The number of ether oxygens (including phenoxy) is 1. The van der Waals surface area contributed by atoms with Gasteiger partial charge in [0, 0.05) is 18.6 Å². The molecule has 0 saturated carbocycles. The van der Waals surface area contributed by atoms with Crippen LogP contribution < -0.4 is 21.1 Å². The van der Waals surface area contributed by atoms with Crippen LogP contribution in [0.5, 0.6) is 5.75 Å². The van der Waals surface area contributed by atoms with Gasteiger partial charge in [0.25, 0.3) is 5.91 Å². The van der Waals surface area contributed by atoms with Crippen molar-refractivity contribution in [3.63, 3.8) is 0 Å². The van der Waals surface area contributed by atoms with Crippen molar-refractivity contribution in [3.8, 4) is 5.75 Å². The van der Waals surface area contributed by atoms with Crippen LogP contribution in [0.1, 0.15) is 26.3 Å². The number of amides is 1. The molecule has 0 radical (unpaired) electrons. The van der Waals surface area contributed by atoms with Crippen LogP contribution in [0.2, 0.25) is 0 Å². The van der Waals surface area contributed by atoms with Gasteiger partial charge in [-0.3, -0.25) is 4.79 Å². The lowest BCUT2D eigenvalue weighted by molar-refractivity contribution is -0.122. The van der Waals surface area contributed by atoms with E-state index in [4.69, 9.17) is 10.5 Å². The molecule has 0 bridgehead atoms. The molecule has 1 heterocycles. The molecule has 1 atom stereocenters. The van der Waals surface area contributed by atoms with E-state index in [-0.39, 0.29) is 11.4 Å². The summed E-state index contributed by atoms with van der Waals surface area (Å²) >= 11 is 0. The number of benzene rings is 1. The van der Waals surface area contributed by atoms with Gasteiger partial charge in [0.1, 0.15) is 5.75 Å². The number of hydrogen-bond donors (Lipinski definition) is 3. The lowest BCUT2D eigenvalue weighted by atomic mass is 10.1. The summed E-state index contributed by atoms with van der Waals surface area (Å²) in [4.78, 5) is 11.5. The number of carbonyl (C=O) groups excluding carboxylic acids is 1. The van der Waals surface area contributed by atoms with Crippen molar-refractivity contribution in [2.75, 3.05) is 11.9 Å². The molecule has 1 unspecified atom stereocenters. The predicted molar refractivity (Wildman–Crippen MR) is 75.1 cm³/mol. The first-order valence-corrected chi connectivity index (χ1v) is 6.45. The summed E-state index contributed by atoms with van der Waals surface area (Å²) in [6.45, 7) is 7.12. The molecular weight excluding hydrogens is 242 g/mol. The molecule has 0 aromatic heterocycles. The lowest BCUT2D eigenvalue weighted by Gasteiger charge is -2.24. The highest BCUT2D eigenvalue weighted by atomic mass is 16.5. The molecule has 2 rings (SSSR count). The van der Waals surface area contributed by atoms with E-state index < -0.39 is 6.10 Å². The summed E-state index contributed by atoms with van der Waals surface area (Å²) in [5, 5.41) is 6.13. The van der Waals surface area contributed by atoms with Gasteiger partial charge in [-0.2, -0.15) is 0 Å². The van der Waals surface area contributed by atoms with E-state index in [0.29, 0.717) is 6.54 Å². The molecular formula is C14H21N3O2. The van der Waals surface area contributed by atoms with Crippen LogP contribution in [-0.2, 0) is 11.3 Å². The molecule has 1 aromatic rings. The van der Waals surface area contributed by atoms with E-state index >= 15 is 0 Å². The number of carbonyl (C=O) groups is 1. The smallest absolute Gasteiger partial charge is 0.265 e. The molecule has 19 heavy (non-hydrogen) atoms. The first kappa shape index (κ1) is 13.8. The number of nitrogens with one attached hydrogen (secondary N) is 2. The minimum atomic E-state index is -0.436. The van der Waals surface area contributed by atoms with E-state index in [9.17, 15) is 4.79 Å². The minimum Gasteiger partial charge on any atom is -0.479 e. The van der Waals surface area contributed by atoms with Crippen LogP contribution in [0, 0.1) is 0 Å². The van der Waals surface area contributed by atoms with Gasteiger partial charge >= 0.3 is 0 Å². The summed E-state index contributed by atoms with van der Waals surface area (Å²) in [5.74, 6) is 0.607. The van der Waals surface area contributed by atoms with Crippen LogP contribution in [0.3, 0.4) is 0 Å². The van der Waals surface area contributed by atoms with Gasteiger partial charge in [0.2, 0.25) is 0 Å². The van der Waals surface area contributed by atoms with Crippen LogP contribution >= 0.6 is 0 Å². The van der Waals surface area contributed by atoms with Crippen LogP contribution in [0.15, 0.2) is 18.2 Å². The standard InChI is InChI=1S/C14H21N3O2/c1-9-13(18)17-11-6-10(4-5-12(11)19-9)7-16-8-14(2,3)15/h4-6,9,16H,7-8,15H2,1-3H3,(H,17,18). The summed E-state index contributed by atoms with van der Waals surface area (Å²) in [5.41, 5.74) is 7.48. The molecule has 0 spiro atoms. The highest BCUT2D eigenvalue weighted by molar-refractivity contribution is 5.97. The van der Waals surface area contributed by atoms with E-state index in [2.05, 4.69) is 10.6 Å². The number of nitrogens with two attached hydrogens (primary N) is 1. The van der Waals surface area contributed by atoms with Gasteiger partial charge in [-0.05, 0) is 38.5 Å². The Hall–Kier alpha value is -1.59. The average Bonchev–Trinajstić information content (AvgIpc) is 2.29. The summed E-state index contributed by atoms with van der Waals surface area (Å²) in [6, 6.07) is 5.80. The van der Waals surface area contributed by atoms with Crippen molar-refractivity contribution >= 4 is 11.6 Å². The fourth-order valence-corrected chi connectivity index (χ4v) is 1.89. The molecule has 4 N–H and O–H groups in total. The Kier molecular flexibility index (Phi) is 3.78. The van der Waals surface area contributed by atoms with Crippen molar-refractivity contribution < 1.29 is 9.53 Å². The van der Waals surface area contributed by atoms with Gasteiger partial charge in [-0.25, -0.2) is 0 Å². The number of rotatable bonds is 4. The van der Waals surface area contributed by atoms with E-state index in [1.807, 2.05) is 32.0 Å². The Morgan fingerprint density at radius 1 is 1.47 bits per heavy atom. The second-order valence-corrected chi connectivity index (χ2v) is 5.67. The number of hydrogen-bond acceptors (Lipinski definition) is 4. The van der Waals surface area contributed by atoms with Crippen molar-refractivity contribution in [1.82, 2.24) is 5.32 Å². The van der Waals surface area contributed by atoms with Crippen molar-refractivity contribution in [2.24, 2.45) is 5.73 Å². The first-order chi connectivity index (χ1) is 8.85. The zero-order valence-corrected chi connectivity index (χ0v) is 11.6. The maximum absolute atomic E-state index is 11.5. The second-order valence-electron chi connectivity index (χ2n) is 5.67. The monoisotopic (exact) mass is 263 g/mol. The fourth-order valence-electron chi connectivity index (χ4n) is 1.89. The van der Waals surface area contributed by atoms with Gasteiger partial charge in [0.05, 0.1) is 5.69 Å². The Balaban J connectivity index is 2.01. The normalized spacial score (nSPS) is 18.5. The minimum absolute atomic E-state index is 0.110. The number of anilines is 1. The molecule has 1 aliphatic heterocycles. The quantitative estimate of drug-likeness (QED) is 0.763. The third-order valence-electron chi connectivity index (χ3n) is 2.88. The molecule has 0 fully saturated rings. The summed E-state index contributed by atoms with van der Waals surface area (Å²) < 4.78 is 5.51. The second kappa shape index (κ2) is 5.19. The summed E-state index contributed by atoms with van der Waals surface area (Å²) in [6.07, 6.45) is -0.436. The van der Waals surface area contributed by atoms with Gasteiger partial charge in [-0.1, -0.05) is 6.07 Å². The topological polar surface area (TPSA) is 76.4 Å². The molecule has 104 valence electrons. The zero-order chi connectivity index (χ0) is 14.0. The fraction of sp³-hybridized carbons (Fsp3) is 0.500. The highest BCUT2D eigenvalue weighted by Gasteiger charge is 2.23. The molecule has 1 amide bonds. The van der Waals surface area contributed by atoms with E-state index in [1.165, 1.54) is 0 Å². The SMILES string of the molecule is CC1Oc2ccc(CNCC(C)(C)N)cc2NC1=O. The van der Waals surface area contributed by atoms with Crippen LogP contribution in [-0.4, -0.2) is 24.1 Å². The van der Waals surface area contributed by atoms with Crippen molar-refractivity contribution in [1.29, 1.82) is 0 Å². The Morgan fingerprint density at radius 3 is 2.89 bits per heavy atom. The highest BCUT2D eigenvalue weighted by Crippen LogP contribution is 2.30.